The lowest BCUT2D eigenvalue weighted by Gasteiger charge is -2.26. The first-order valence-corrected chi connectivity index (χ1v) is 32.5. The van der Waals surface area contributed by atoms with Crippen LogP contribution in [-0.2, 0) is 28.6 Å². The molecular formula is C64H126N2O7. The fourth-order valence-electron chi connectivity index (χ4n) is 10.1. The molecule has 0 heterocycles. The Hall–Kier alpha value is -1.71. The Morgan fingerprint density at radius 1 is 0.260 bits per heavy atom. The lowest BCUT2D eigenvalue weighted by molar-refractivity contribution is -0.144. The van der Waals surface area contributed by atoms with Gasteiger partial charge in [-0.05, 0) is 116 Å². The summed E-state index contributed by atoms with van der Waals surface area (Å²) in [7, 11) is 0. The van der Waals surface area contributed by atoms with Gasteiger partial charge in [0.2, 0.25) is 0 Å². The molecule has 0 unspecified atom stereocenters. The summed E-state index contributed by atoms with van der Waals surface area (Å²) in [5.41, 5.74) is 0. The molecule has 0 aliphatic heterocycles. The number of carbonyl (C=O) groups is 3. The van der Waals surface area contributed by atoms with E-state index in [1.165, 1.54) is 205 Å². The van der Waals surface area contributed by atoms with E-state index < -0.39 is 0 Å². The third-order valence-electron chi connectivity index (χ3n) is 14.9. The van der Waals surface area contributed by atoms with Crippen molar-refractivity contribution in [3.8, 4) is 0 Å². The zero-order valence-corrected chi connectivity index (χ0v) is 49.3. The van der Waals surface area contributed by atoms with Gasteiger partial charge in [-0.1, -0.05) is 233 Å². The second-order valence-electron chi connectivity index (χ2n) is 22.2. The van der Waals surface area contributed by atoms with Gasteiger partial charge in [-0.15, -0.1) is 0 Å². The van der Waals surface area contributed by atoms with Gasteiger partial charge >= 0.3 is 17.9 Å². The molecule has 0 aliphatic carbocycles. The van der Waals surface area contributed by atoms with Gasteiger partial charge in [0, 0.05) is 25.9 Å². The molecular weight excluding hydrogens is 909 g/mol. The van der Waals surface area contributed by atoms with E-state index in [1.807, 2.05) is 0 Å². The van der Waals surface area contributed by atoms with Crippen molar-refractivity contribution in [1.29, 1.82) is 0 Å². The van der Waals surface area contributed by atoms with E-state index in [1.54, 1.807) is 0 Å². The molecule has 1 N–H and O–H groups in total. The van der Waals surface area contributed by atoms with Crippen molar-refractivity contribution in [3.63, 3.8) is 0 Å². The molecule has 0 aromatic heterocycles. The number of aliphatic hydroxyl groups excluding tert-OH is 1. The second kappa shape index (κ2) is 61.1. The predicted molar refractivity (Wildman–Crippen MR) is 311 cm³/mol. The highest BCUT2D eigenvalue weighted by Crippen LogP contribution is 2.16. The molecule has 0 saturated carbocycles. The summed E-state index contributed by atoms with van der Waals surface area (Å²) >= 11 is 0. The molecule has 73 heavy (non-hydrogen) atoms. The van der Waals surface area contributed by atoms with Crippen LogP contribution in [0.1, 0.15) is 329 Å². The first kappa shape index (κ1) is 71.3. The van der Waals surface area contributed by atoms with Gasteiger partial charge in [0.15, 0.2) is 0 Å². The number of nitrogens with zero attached hydrogens (tertiary/aromatic N) is 2. The molecule has 0 aromatic rings. The molecule has 0 spiro atoms. The molecule has 0 atom stereocenters. The molecule has 0 fully saturated rings. The lowest BCUT2D eigenvalue weighted by atomic mass is 10.1. The average molecular weight is 1040 g/mol. The number of esters is 3. The Bertz CT molecular complexity index is 1070. The summed E-state index contributed by atoms with van der Waals surface area (Å²) in [5, 5.41) is 9.50. The predicted octanol–water partition coefficient (Wildman–Crippen LogP) is 18.0. The number of rotatable bonds is 62. The molecule has 9 heteroatoms. The minimum absolute atomic E-state index is 0.0196. The summed E-state index contributed by atoms with van der Waals surface area (Å²) in [5.74, 6) is -0.0618. The fraction of sp³-hybridized carbons (Fsp3) is 0.953. The molecule has 0 saturated heterocycles. The van der Waals surface area contributed by atoms with E-state index in [4.69, 9.17) is 14.2 Å². The molecule has 0 amide bonds. The van der Waals surface area contributed by atoms with Crippen molar-refractivity contribution in [2.45, 2.75) is 329 Å². The van der Waals surface area contributed by atoms with Crippen LogP contribution in [0.25, 0.3) is 0 Å². The van der Waals surface area contributed by atoms with Crippen LogP contribution in [-0.4, -0.2) is 98.5 Å². The van der Waals surface area contributed by atoms with E-state index in [0.717, 1.165) is 123 Å². The summed E-state index contributed by atoms with van der Waals surface area (Å²) in [6.45, 7) is 15.4. The Balaban J connectivity index is 4.58. The zero-order chi connectivity index (χ0) is 53.0. The standard InChI is InChI=1S/C64H126N2O7/c1-4-7-10-13-16-19-22-34-45-59-71-62(68)49-37-28-25-31-40-52-65(53-41-32-26-29-38-50-63(69)72-60-46-35-23-20-17-14-11-8-5-2)56-48-57-66(55-43-44-58-67)54-42-33-27-30-39-51-64(70)73-61-47-36-24-21-18-15-12-9-6-3/h67H,4-61H2,1-3H3. The third-order valence-corrected chi connectivity index (χ3v) is 14.9. The van der Waals surface area contributed by atoms with Crippen LogP contribution < -0.4 is 0 Å². The Labute approximate surface area is 454 Å². The monoisotopic (exact) mass is 1030 g/mol. The number of hydrogen-bond acceptors (Lipinski definition) is 9. The molecule has 0 aliphatic rings. The molecule has 0 radical (unpaired) electrons. The van der Waals surface area contributed by atoms with Crippen molar-refractivity contribution < 1.29 is 33.7 Å². The van der Waals surface area contributed by atoms with Crippen LogP contribution in [0.4, 0.5) is 0 Å². The third kappa shape index (κ3) is 57.8. The SMILES string of the molecule is CCCCCCCCCCCOC(=O)CCCCCCCN(CCCCO)CCCN(CCCCCCCC(=O)OCCCCCCCCCCC)CCCCCCCC(=O)OCCCCCCCCCCC. The smallest absolute Gasteiger partial charge is 0.305 e. The van der Waals surface area contributed by atoms with E-state index >= 15 is 0 Å². The maximum Gasteiger partial charge on any atom is 0.305 e. The maximum atomic E-state index is 12.3. The topological polar surface area (TPSA) is 106 Å². The normalized spacial score (nSPS) is 11.6. The Kier molecular flexibility index (Phi) is 59.7. The quantitative estimate of drug-likeness (QED) is 0.0362. The summed E-state index contributed by atoms with van der Waals surface area (Å²) in [4.78, 5) is 42.2. The number of aliphatic hydroxyl groups is 1. The Morgan fingerprint density at radius 2 is 0.466 bits per heavy atom. The Morgan fingerprint density at radius 3 is 0.726 bits per heavy atom. The largest absolute Gasteiger partial charge is 0.466 e. The van der Waals surface area contributed by atoms with Crippen molar-refractivity contribution in [1.82, 2.24) is 9.80 Å². The van der Waals surface area contributed by atoms with E-state index in [2.05, 4.69) is 30.6 Å². The van der Waals surface area contributed by atoms with Crippen LogP contribution >= 0.6 is 0 Å². The number of unbranched alkanes of at least 4 members (excludes halogenated alkanes) is 37. The lowest BCUT2D eigenvalue weighted by Crippen LogP contribution is -2.32. The van der Waals surface area contributed by atoms with Gasteiger partial charge in [-0.2, -0.15) is 0 Å². The maximum absolute atomic E-state index is 12.3. The van der Waals surface area contributed by atoms with Crippen molar-refractivity contribution >= 4 is 17.9 Å². The number of hydrogen-bond donors (Lipinski definition) is 1. The van der Waals surface area contributed by atoms with E-state index in [0.29, 0.717) is 39.1 Å². The van der Waals surface area contributed by atoms with Gasteiger partial charge in [-0.3, -0.25) is 14.4 Å². The van der Waals surface area contributed by atoms with Crippen LogP contribution in [0.5, 0.6) is 0 Å². The minimum atomic E-state index is -0.0226. The van der Waals surface area contributed by atoms with Crippen LogP contribution in [0.2, 0.25) is 0 Å². The van der Waals surface area contributed by atoms with Crippen LogP contribution in [0, 0.1) is 0 Å². The molecule has 0 aromatic carbocycles. The van der Waals surface area contributed by atoms with Gasteiger partial charge < -0.3 is 29.1 Å². The first-order chi connectivity index (χ1) is 36.0. The number of ether oxygens (including phenoxy) is 3. The summed E-state index contributed by atoms with van der Waals surface area (Å²) < 4.78 is 16.6. The van der Waals surface area contributed by atoms with E-state index in [9.17, 15) is 19.5 Å². The minimum Gasteiger partial charge on any atom is -0.466 e. The zero-order valence-electron chi connectivity index (χ0n) is 49.3. The highest BCUT2D eigenvalue weighted by atomic mass is 16.5. The molecule has 9 nitrogen and oxygen atoms in total. The van der Waals surface area contributed by atoms with Crippen LogP contribution in [0.3, 0.4) is 0 Å². The first-order valence-electron chi connectivity index (χ1n) is 32.5. The van der Waals surface area contributed by atoms with Crippen molar-refractivity contribution in [2.24, 2.45) is 0 Å². The van der Waals surface area contributed by atoms with Gasteiger partial charge in [-0.25, -0.2) is 0 Å². The molecule has 434 valence electrons. The van der Waals surface area contributed by atoms with Gasteiger partial charge in [0.25, 0.3) is 0 Å². The molecule has 0 bridgehead atoms. The van der Waals surface area contributed by atoms with Crippen molar-refractivity contribution in [2.75, 3.05) is 65.7 Å². The van der Waals surface area contributed by atoms with E-state index in [-0.39, 0.29) is 24.5 Å². The van der Waals surface area contributed by atoms with Crippen molar-refractivity contribution in [3.05, 3.63) is 0 Å². The van der Waals surface area contributed by atoms with Gasteiger partial charge in [0.1, 0.15) is 0 Å². The van der Waals surface area contributed by atoms with Gasteiger partial charge in [0.05, 0.1) is 19.8 Å². The fourth-order valence-corrected chi connectivity index (χ4v) is 10.1. The summed E-state index contributed by atoms with van der Waals surface area (Å²) in [6.07, 6.45) is 55.8. The number of carbonyl (C=O) groups excluding carboxylic acids is 3. The summed E-state index contributed by atoms with van der Waals surface area (Å²) in [6, 6.07) is 0. The highest BCUT2D eigenvalue weighted by molar-refractivity contribution is 5.69. The molecule has 0 rings (SSSR count). The average Bonchev–Trinajstić information content (AvgIpc) is 3.39. The highest BCUT2D eigenvalue weighted by Gasteiger charge is 2.11. The van der Waals surface area contributed by atoms with Crippen LogP contribution in [0.15, 0.2) is 0 Å². The second-order valence-corrected chi connectivity index (χ2v) is 22.2.